The molecule has 2 aromatic rings. The Labute approximate surface area is 169 Å². The van der Waals surface area contributed by atoms with Crippen molar-refractivity contribution in [1.29, 1.82) is 0 Å². The van der Waals surface area contributed by atoms with E-state index in [1.54, 1.807) is 30.3 Å². The van der Waals surface area contributed by atoms with E-state index in [1.165, 1.54) is 12.1 Å². The molecular weight excluding hydrogens is 402 g/mol. The molecule has 0 aromatic heterocycles. The van der Waals surface area contributed by atoms with Gasteiger partial charge in [-0.3, -0.25) is 19.7 Å². The van der Waals surface area contributed by atoms with Crippen LogP contribution in [0.1, 0.15) is 22.3 Å². The van der Waals surface area contributed by atoms with Gasteiger partial charge in [0.25, 0.3) is 5.91 Å². The van der Waals surface area contributed by atoms with Crippen molar-refractivity contribution in [2.45, 2.75) is 19.1 Å². The molecule has 0 spiro atoms. The number of anilines is 1. The zero-order valence-electron chi connectivity index (χ0n) is 15.6. The number of carbonyl (C=O) groups is 4. The summed E-state index contributed by atoms with van der Waals surface area (Å²) in [6.45, 7) is -1.58. The zero-order chi connectivity index (χ0) is 22.1. The van der Waals surface area contributed by atoms with Crippen molar-refractivity contribution in [3.05, 3.63) is 65.5 Å². The van der Waals surface area contributed by atoms with E-state index in [9.17, 15) is 28.0 Å². The van der Waals surface area contributed by atoms with Gasteiger partial charge in [-0.05, 0) is 17.7 Å². The highest BCUT2D eigenvalue weighted by atomic mass is 19.1. The molecule has 2 aromatic carbocycles. The smallest absolute Gasteiger partial charge is 0.411 e. The first-order valence-electron chi connectivity index (χ1n) is 8.69. The van der Waals surface area contributed by atoms with Gasteiger partial charge in [-0.25, -0.2) is 13.6 Å². The van der Waals surface area contributed by atoms with E-state index < -0.39 is 54.3 Å². The Bertz CT molecular complexity index is 936. The highest BCUT2D eigenvalue weighted by molar-refractivity contribution is 6.05. The number of ketones is 1. The first-order chi connectivity index (χ1) is 14.3. The average molecular weight is 420 g/mol. The number of ether oxygens (including phenoxy) is 1. The predicted molar refractivity (Wildman–Crippen MR) is 101 cm³/mol. The van der Waals surface area contributed by atoms with Crippen LogP contribution in [0.2, 0.25) is 0 Å². The van der Waals surface area contributed by atoms with Gasteiger partial charge >= 0.3 is 12.1 Å². The van der Waals surface area contributed by atoms with Crippen LogP contribution in [0.15, 0.2) is 48.5 Å². The van der Waals surface area contributed by atoms with Crippen LogP contribution in [0, 0.1) is 5.82 Å². The van der Waals surface area contributed by atoms with E-state index >= 15 is 0 Å². The van der Waals surface area contributed by atoms with Crippen molar-refractivity contribution in [1.82, 2.24) is 5.32 Å². The highest BCUT2D eigenvalue weighted by Crippen LogP contribution is 2.20. The molecule has 1 atom stereocenters. The quantitative estimate of drug-likeness (QED) is 0.573. The monoisotopic (exact) mass is 420 g/mol. The number of alkyl halides is 1. The molecule has 0 aliphatic rings. The fourth-order valence-corrected chi connectivity index (χ4v) is 2.47. The number of amides is 2. The van der Waals surface area contributed by atoms with Gasteiger partial charge < -0.3 is 15.2 Å². The van der Waals surface area contributed by atoms with E-state index in [0.717, 1.165) is 6.07 Å². The summed E-state index contributed by atoms with van der Waals surface area (Å²) in [6, 6.07) is 10.4. The van der Waals surface area contributed by atoms with Crippen LogP contribution in [-0.4, -0.2) is 41.6 Å². The van der Waals surface area contributed by atoms with Crippen molar-refractivity contribution in [2.24, 2.45) is 0 Å². The SMILES string of the molecule is O=C(O)CC(NC(=O)c1c(F)cccc1NC(=O)OCc1ccccc1)C(=O)CF. The number of benzene rings is 2. The van der Waals surface area contributed by atoms with Gasteiger partial charge in [0.2, 0.25) is 0 Å². The molecule has 0 aliphatic heterocycles. The molecule has 0 bridgehead atoms. The third-order valence-corrected chi connectivity index (χ3v) is 3.89. The van der Waals surface area contributed by atoms with Gasteiger partial charge in [0, 0.05) is 0 Å². The highest BCUT2D eigenvalue weighted by Gasteiger charge is 2.27. The molecule has 10 heteroatoms. The summed E-state index contributed by atoms with van der Waals surface area (Å²) >= 11 is 0. The standard InChI is InChI=1S/C20H18F2N2O6/c21-10-16(25)15(9-17(26)27)23-19(28)18-13(22)7-4-8-14(18)24-20(29)30-11-12-5-2-1-3-6-12/h1-8,15H,9-11H2,(H,23,28)(H,24,29)(H,26,27). The number of hydrogen-bond donors (Lipinski definition) is 3. The Balaban J connectivity index is 2.14. The Morgan fingerprint density at radius 2 is 1.73 bits per heavy atom. The van der Waals surface area contributed by atoms with Crippen molar-refractivity contribution in [3.8, 4) is 0 Å². The Morgan fingerprint density at radius 1 is 1.03 bits per heavy atom. The molecule has 0 radical (unpaired) electrons. The number of halogens is 2. The molecule has 158 valence electrons. The molecule has 3 N–H and O–H groups in total. The van der Waals surface area contributed by atoms with Crippen molar-refractivity contribution >= 4 is 29.4 Å². The normalized spacial score (nSPS) is 11.3. The van der Waals surface area contributed by atoms with E-state index in [2.05, 4.69) is 5.32 Å². The molecule has 0 aliphatic carbocycles. The van der Waals surface area contributed by atoms with Gasteiger partial charge in [-0.1, -0.05) is 36.4 Å². The van der Waals surface area contributed by atoms with Gasteiger partial charge in [0.1, 0.15) is 25.1 Å². The van der Waals surface area contributed by atoms with E-state index in [-0.39, 0.29) is 12.3 Å². The third kappa shape index (κ3) is 6.36. The fourth-order valence-electron chi connectivity index (χ4n) is 2.47. The van der Waals surface area contributed by atoms with Gasteiger partial charge in [-0.15, -0.1) is 0 Å². The van der Waals surface area contributed by atoms with E-state index in [1.807, 2.05) is 5.32 Å². The van der Waals surface area contributed by atoms with Crippen LogP contribution in [-0.2, 0) is 20.9 Å². The van der Waals surface area contributed by atoms with Crippen LogP contribution < -0.4 is 10.6 Å². The van der Waals surface area contributed by atoms with Gasteiger partial charge in [0.15, 0.2) is 5.78 Å². The van der Waals surface area contributed by atoms with Crippen molar-refractivity contribution in [3.63, 3.8) is 0 Å². The third-order valence-electron chi connectivity index (χ3n) is 3.89. The lowest BCUT2D eigenvalue weighted by atomic mass is 10.1. The van der Waals surface area contributed by atoms with Crippen LogP contribution in [0.25, 0.3) is 0 Å². The molecule has 8 nitrogen and oxygen atoms in total. The van der Waals surface area contributed by atoms with Crippen LogP contribution in [0.3, 0.4) is 0 Å². The number of aliphatic carboxylic acids is 1. The number of carbonyl (C=O) groups excluding carboxylic acids is 3. The van der Waals surface area contributed by atoms with Gasteiger partial charge in [-0.2, -0.15) is 0 Å². The maximum absolute atomic E-state index is 14.3. The molecule has 2 amide bonds. The number of hydrogen-bond acceptors (Lipinski definition) is 5. The Morgan fingerprint density at radius 3 is 2.37 bits per heavy atom. The second-order valence-corrected chi connectivity index (χ2v) is 6.07. The number of Topliss-reactive ketones (excluding diaryl/α,β-unsaturated/α-hetero) is 1. The second-order valence-electron chi connectivity index (χ2n) is 6.07. The number of carboxylic acid groups (broad SMARTS) is 1. The Hall–Kier alpha value is -3.82. The fraction of sp³-hybridized carbons (Fsp3) is 0.200. The summed E-state index contributed by atoms with van der Waals surface area (Å²) in [6.07, 6.45) is -1.86. The minimum absolute atomic E-state index is 0.0742. The summed E-state index contributed by atoms with van der Waals surface area (Å²) in [5.74, 6) is -4.88. The van der Waals surface area contributed by atoms with Crippen LogP contribution in [0.4, 0.5) is 19.3 Å². The topological polar surface area (TPSA) is 122 Å². The number of rotatable bonds is 9. The molecule has 0 heterocycles. The first-order valence-corrected chi connectivity index (χ1v) is 8.69. The van der Waals surface area contributed by atoms with E-state index in [0.29, 0.717) is 5.56 Å². The first kappa shape index (κ1) is 22.5. The largest absolute Gasteiger partial charge is 0.481 e. The average Bonchev–Trinajstić information content (AvgIpc) is 2.71. The number of carboxylic acids is 1. The summed E-state index contributed by atoms with van der Waals surface area (Å²) in [7, 11) is 0. The second kappa shape index (κ2) is 10.6. The molecule has 30 heavy (non-hydrogen) atoms. The number of nitrogens with one attached hydrogen (secondary N) is 2. The Kier molecular flexibility index (Phi) is 7.98. The molecule has 1 unspecified atom stereocenters. The van der Waals surface area contributed by atoms with E-state index in [4.69, 9.17) is 9.84 Å². The summed E-state index contributed by atoms with van der Waals surface area (Å²) < 4.78 is 31.9. The molecule has 2 rings (SSSR count). The van der Waals surface area contributed by atoms with Gasteiger partial charge in [0.05, 0.1) is 17.7 Å². The van der Waals surface area contributed by atoms with Crippen molar-refractivity contribution in [2.75, 3.05) is 12.0 Å². The maximum atomic E-state index is 14.3. The maximum Gasteiger partial charge on any atom is 0.411 e. The zero-order valence-corrected chi connectivity index (χ0v) is 15.6. The minimum Gasteiger partial charge on any atom is -0.481 e. The molecule has 0 saturated carbocycles. The molecule has 0 fully saturated rings. The summed E-state index contributed by atoms with van der Waals surface area (Å²) in [5, 5.41) is 13.0. The lowest BCUT2D eigenvalue weighted by Gasteiger charge is -2.17. The lowest BCUT2D eigenvalue weighted by molar-refractivity contribution is -0.139. The van der Waals surface area contributed by atoms with Crippen LogP contribution >= 0.6 is 0 Å². The summed E-state index contributed by atoms with van der Waals surface area (Å²) in [4.78, 5) is 46.9. The summed E-state index contributed by atoms with van der Waals surface area (Å²) in [5.41, 5.74) is -0.227. The van der Waals surface area contributed by atoms with Crippen LogP contribution in [0.5, 0.6) is 0 Å². The molecule has 0 saturated heterocycles. The molecular formula is C20H18F2N2O6. The predicted octanol–water partition coefficient (Wildman–Crippen LogP) is 2.69. The minimum atomic E-state index is -1.70. The lowest BCUT2D eigenvalue weighted by Crippen LogP contribution is -2.43. The van der Waals surface area contributed by atoms with Crippen molar-refractivity contribution < 1.29 is 37.8 Å².